The minimum absolute atomic E-state index is 0.242. The molecule has 0 aliphatic rings. The van der Waals surface area contributed by atoms with E-state index in [-0.39, 0.29) is 25.2 Å². The molecule has 1 heterocycles. The Morgan fingerprint density at radius 3 is 2.59 bits per heavy atom. The highest BCUT2D eigenvalue weighted by molar-refractivity contribution is 7.18. The van der Waals surface area contributed by atoms with Gasteiger partial charge in [0.05, 0.1) is 27.9 Å². The predicted octanol–water partition coefficient (Wildman–Crippen LogP) is 3.31. The van der Waals surface area contributed by atoms with Crippen LogP contribution in [0.4, 0.5) is 0 Å². The van der Waals surface area contributed by atoms with Crippen LogP contribution in [0.2, 0.25) is 0 Å². The Morgan fingerprint density at radius 2 is 1.90 bits per heavy atom. The Balaban J connectivity index is 1.48. The molecule has 1 aromatic heterocycles. The van der Waals surface area contributed by atoms with Crippen LogP contribution < -0.4 is 4.74 Å². The molecule has 2 aromatic carbocycles. The number of nitriles is 1. The van der Waals surface area contributed by atoms with Crippen LogP contribution >= 0.6 is 11.3 Å². The van der Waals surface area contributed by atoms with Gasteiger partial charge in [-0.25, -0.2) is 9.78 Å². The zero-order valence-corrected chi connectivity index (χ0v) is 16.8. The monoisotopic (exact) mass is 409 g/mol. The van der Waals surface area contributed by atoms with Crippen LogP contribution in [0.3, 0.4) is 0 Å². The number of aromatic nitrogens is 1. The van der Waals surface area contributed by atoms with E-state index in [0.29, 0.717) is 11.3 Å². The number of nitrogens with zero attached hydrogens (tertiary/aromatic N) is 3. The van der Waals surface area contributed by atoms with Gasteiger partial charge in [0.25, 0.3) is 5.91 Å². The SMILES string of the molecule is C[C@H](c1nc2ccccc2s1)N(C)C(=O)COC(=O)COc1ccc(C#N)cc1. The van der Waals surface area contributed by atoms with Gasteiger partial charge in [-0.2, -0.15) is 5.26 Å². The molecule has 3 aromatic rings. The molecule has 1 amide bonds. The van der Waals surface area contributed by atoms with Crippen molar-refractivity contribution in [3.63, 3.8) is 0 Å². The predicted molar refractivity (Wildman–Crippen MR) is 108 cm³/mol. The number of fused-ring (bicyclic) bond motifs is 1. The quantitative estimate of drug-likeness (QED) is 0.556. The van der Waals surface area contributed by atoms with Crippen LogP contribution in [0, 0.1) is 11.3 Å². The summed E-state index contributed by atoms with van der Waals surface area (Å²) in [4.78, 5) is 30.3. The second kappa shape index (κ2) is 9.17. The van der Waals surface area contributed by atoms with Crippen LogP contribution in [-0.2, 0) is 14.3 Å². The topological polar surface area (TPSA) is 92.5 Å². The lowest BCUT2D eigenvalue weighted by molar-refractivity contribution is -0.153. The van der Waals surface area contributed by atoms with Crippen molar-refractivity contribution in [1.29, 1.82) is 5.26 Å². The number of thiazole rings is 1. The highest BCUT2D eigenvalue weighted by Gasteiger charge is 2.21. The minimum Gasteiger partial charge on any atom is -0.482 e. The molecule has 0 aliphatic heterocycles. The summed E-state index contributed by atoms with van der Waals surface area (Å²) in [5.41, 5.74) is 1.39. The van der Waals surface area contributed by atoms with E-state index in [2.05, 4.69) is 4.98 Å². The van der Waals surface area contributed by atoms with Gasteiger partial charge in [0.15, 0.2) is 13.2 Å². The number of esters is 1. The van der Waals surface area contributed by atoms with Crippen LogP contribution in [0.25, 0.3) is 10.2 Å². The molecule has 0 bridgehead atoms. The van der Waals surface area contributed by atoms with Crippen LogP contribution in [-0.4, -0.2) is 42.0 Å². The molecule has 8 heteroatoms. The molecular formula is C21H19N3O4S. The third-order valence-electron chi connectivity index (χ3n) is 4.34. The van der Waals surface area contributed by atoms with Gasteiger partial charge in [0.1, 0.15) is 10.8 Å². The van der Waals surface area contributed by atoms with Gasteiger partial charge in [0.2, 0.25) is 0 Å². The lowest BCUT2D eigenvalue weighted by Crippen LogP contribution is -2.34. The Kier molecular flexibility index (Phi) is 6.42. The Morgan fingerprint density at radius 1 is 1.17 bits per heavy atom. The summed E-state index contributed by atoms with van der Waals surface area (Å²) >= 11 is 1.53. The minimum atomic E-state index is -0.649. The number of benzene rings is 2. The zero-order valence-electron chi connectivity index (χ0n) is 16.0. The average Bonchev–Trinajstić information content (AvgIpc) is 3.19. The molecule has 0 aliphatic carbocycles. The molecule has 0 unspecified atom stereocenters. The Hall–Kier alpha value is -3.44. The lowest BCUT2D eigenvalue weighted by atomic mass is 10.2. The first-order valence-electron chi connectivity index (χ1n) is 8.87. The van der Waals surface area contributed by atoms with Gasteiger partial charge < -0.3 is 14.4 Å². The fourth-order valence-electron chi connectivity index (χ4n) is 2.50. The Labute approximate surface area is 172 Å². The van der Waals surface area contributed by atoms with Crippen molar-refractivity contribution in [2.45, 2.75) is 13.0 Å². The maximum atomic E-state index is 12.4. The summed E-state index contributed by atoms with van der Waals surface area (Å²) < 4.78 is 11.4. The molecule has 0 spiro atoms. The number of amides is 1. The largest absolute Gasteiger partial charge is 0.482 e. The maximum absolute atomic E-state index is 12.4. The first-order chi connectivity index (χ1) is 14.0. The van der Waals surface area contributed by atoms with Crippen molar-refractivity contribution in [1.82, 2.24) is 9.88 Å². The van der Waals surface area contributed by atoms with Gasteiger partial charge in [-0.05, 0) is 43.3 Å². The highest BCUT2D eigenvalue weighted by Crippen LogP contribution is 2.28. The number of likely N-dealkylation sites (N-methyl/N-ethyl adjacent to an activating group) is 1. The summed E-state index contributed by atoms with van der Waals surface area (Å²) in [6, 6.07) is 15.9. The van der Waals surface area contributed by atoms with E-state index in [4.69, 9.17) is 14.7 Å². The third kappa shape index (κ3) is 5.09. The summed E-state index contributed by atoms with van der Waals surface area (Å²) in [6.07, 6.45) is 0. The standard InChI is InChI=1S/C21H19N3O4S/c1-14(21-23-17-5-3-4-6-18(17)29-21)24(2)19(25)12-28-20(26)13-27-16-9-7-15(11-22)8-10-16/h3-10,14H,12-13H2,1-2H3/t14-/m1/s1. The van der Waals surface area contributed by atoms with E-state index >= 15 is 0 Å². The molecule has 0 saturated carbocycles. The highest BCUT2D eigenvalue weighted by atomic mass is 32.1. The molecule has 0 fully saturated rings. The number of para-hydroxylation sites is 1. The van der Waals surface area contributed by atoms with Crippen molar-refractivity contribution in [2.75, 3.05) is 20.3 Å². The third-order valence-corrected chi connectivity index (χ3v) is 5.55. The number of hydrogen-bond donors (Lipinski definition) is 0. The second-order valence-corrected chi connectivity index (χ2v) is 7.35. The van der Waals surface area contributed by atoms with Gasteiger partial charge in [-0.1, -0.05) is 12.1 Å². The number of carbonyl (C=O) groups is 2. The average molecular weight is 409 g/mol. The first-order valence-corrected chi connectivity index (χ1v) is 9.69. The van der Waals surface area contributed by atoms with E-state index in [9.17, 15) is 9.59 Å². The van der Waals surface area contributed by atoms with Gasteiger partial charge >= 0.3 is 5.97 Å². The summed E-state index contributed by atoms with van der Waals surface area (Å²) in [7, 11) is 1.65. The zero-order chi connectivity index (χ0) is 20.8. The number of carbonyl (C=O) groups excluding carboxylic acids is 2. The molecule has 148 valence electrons. The van der Waals surface area contributed by atoms with Crippen molar-refractivity contribution in [2.24, 2.45) is 0 Å². The fraction of sp³-hybridized carbons (Fsp3) is 0.238. The lowest BCUT2D eigenvalue weighted by Gasteiger charge is -2.23. The number of hydrogen-bond acceptors (Lipinski definition) is 7. The molecule has 3 rings (SSSR count). The van der Waals surface area contributed by atoms with Crippen LogP contribution in [0.5, 0.6) is 5.75 Å². The van der Waals surface area contributed by atoms with E-state index in [1.807, 2.05) is 37.3 Å². The molecule has 0 radical (unpaired) electrons. The van der Waals surface area contributed by atoms with Crippen molar-refractivity contribution < 1.29 is 19.1 Å². The molecule has 0 saturated heterocycles. The molecule has 7 nitrogen and oxygen atoms in total. The van der Waals surface area contributed by atoms with Gasteiger partial charge in [-0.3, -0.25) is 4.79 Å². The normalized spacial score (nSPS) is 11.5. The summed E-state index contributed by atoms with van der Waals surface area (Å²) in [5, 5.41) is 9.57. The van der Waals surface area contributed by atoms with Gasteiger partial charge in [0, 0.05) is 7.05 Å². The maximum Gasteiger partial charge on any atom is 0.344 e. The Bertz CT molecular complexity index is 1020. The molecule has 1 atom stereocenters. The van der Waals surface area contributed by atoms with Crippen molar-refractivity contribution >= 4 is 33.4 Å². The number of rotatable bonds is 7. The number of ether oxygens (including phenoxy) is 2. The van der Waals surface area contributed by atoms with E-state index in [1.165, 1.54) is 16.2 Å². The summed E-state index contributed by atoms with van der Waals surface area (Å²) in [5.74, 6) is -0.541. The molecule has 0 N–H and O–H groups in total. The van der Waals surface area contributed by atoms with Crippen LogP contribution in [0.15, 0.2) is 48.5 Å². The fourth-order valence-corrected chi connectivity index (χ4v) is 3.57. The second-order valence-electron chi connectivity index (χ2n) is 6.29. The summed E-state index contributed by atoms with van der Waals surface area (Å²) in [6.45, 7) is 1.18. The molecule has 29 heavy (non-hydrogen) atoms. The van der Waals surface area contributed by atoms with Crippen molar-refractivity contribution in [3.05, 3.63) is 59.1 Å². The van der Waals surface area contributed by atoms with Crippen LogP contribution in [0.1, 0.15) is 23.5 Å². The van der Waals surface area contributed by atoms with E-state index in [1.54, 1.807) is 31.3 Å². The molecular weight excluding hydrogens is 390 g/mol. The first kappa shape index (κ1) is 20.3. The van der Waals surface area contributed by atoms with Gasteiger partial charge in [-0.15, -0.1) is 11.3 Å². The van der Waals surface area contributed by atoms with E-state index < -0.39 is 5.97 Å². The van der Waals surface area contributed by atoms with Crippen molar-refractivity contribution in [3.8, 4) is 11.8 Å². The smallest absolute Gasteiger partial charge is 0.344 e. The van der Waals surface area contributed by atoms with E-state index in [0.717, 1.165) is 15.2 Å².